The van der Waals surface area contributed by atoms with Gasteiger partial charge in [0.1, 0.15) is 0 Å². The van der Waals surface area contributed by atoms with Crippen molar-refractivity contribution in [3.05, 3.63) is 12.2 Å². The number of carbonyl (C=O) groups is 1. The van der Waals surface area contributed by atoms with Crippen LogP contribution in [0.1, 0.15) is 13.3 Å². The van der Waals surface area contributed by atoms with E-state index in [4.69, 9.17) is 12.7 Å². The molecule has 142 valence electrons. The second-order valence-corrected chi connectivity index (χ2v) is 26.4. The minimum Gasteiger partial charge on any atom is -0.431 e. The summed E-state index contributed by atoms with van der Waals surface area (Å²) in [5, 5.41) is 0.0142. The van der Waals surface area contributed by atoms with Gasteiger partial charge in [-0.25, -0.2) is 0 Å². The molecule has 0 aliphatic rings. The fraction of sp³-hybridized carbons (Fsp3) is 0.812. The molecule has 0 atom stereocenters. The SMILES string of the molecule is C=C(C)C(=O)[Si](CCCO[Si](C)(C)C)(O[Si](C)(C)C)O[Si](C)(C)C. The first kappa shape index (κ1) is 24.2. The summed E-state index contributed by atoms with van der Waals surface area (Å²) in [5.41, 5.74) is 0.546. The smallest absolute Gasteiger partial charge is 0.395 e. The number of carbonyl (C=O) groups excluding carboxylic acids is 1. The van der Waals surface area contributed by atoms with Crippen LogP contribution in [0, 0.1) is 0 Å². The predicted octanol–water partition coefficient (Wildman–Crippen LogP) is 5.06. The minimum absolute atomic E-state index is 0.0142. The lowest BCUT2D eigenvalue weighted by molar-refractivity contribution is -0.111. The standard InChI is InChI=1S/C16H38O4Si4/c1-15(2)16(17)24(19-22(6,7)8,20-23(9,10)11)14-12-13-18-21(3,4)5/h1,12-14H2,2-11H3. The van der Waals surface area contributed by atoms with Crippen molar-refractivity contribution in [1.29, 1.82) is 0 Å². The molecule has 0 unspecified atom stereocenters. The molecule has 0 fully saturated rings. The summed E-state index contributed by atoms with van der Waals surface area (Å²) in [4.78, 5) is 13.0. The van der Waals surface area contributed by atoms with Crippen molar-refractivity contribution in [3.63, 3.8) is 0 Å². The normalized spacial score (nSPS) is 13.9. The molecule has 0 aromatic heterocycles. The van der Waals surface area contributed by atoms with Crippen molar-refractivity contribution in [1.82, 2.24) is 0 Å². The van der Waals surface area contributed by atoms with Crippen molar-refractivity contribution < 1.29 is 17.5 Å². The van der Waals surface area contributed by atoms with Crippen LogP contribution < -0.4 is 0 Å². The first-order valence-corrected chi connectivity index (χ1v) is 21.0. The van der Waals surface area contributed by atoms with Crippen molar-refractivity contribution in [2.75, 3.05) is 6.61 Å². The number of hydrogen-bond acceptors (Lipinski definition) is 4. The van der Waals surface area contributed by atoms with E-state index in [-0.39, 0.29) is 5.41 Å². The Bertz CT molecular complexity index is 428. The Labute approximate surface area is 153 Å². The molecule has 0 N–H and O–H groups in total. The summed E-state index contributed by atoms with van der Waals surface area (Å²) in [6.07, 6.45) is 0.796. The number of hydrogen-bond donors (Lipinski definition) is 0. The number of allylic oxidation sites excluding steroid dienone is 1. The van der Waals surface area contributed by atoms with Crippen LogP contribution in [0.25, 0.3) is 0 Å². The van der Waals surface area contributed by atoms with Gasteiger partial charge >= 0.3 is 8.56 Å². The molecule has 0 saturated carbocycles. The van der Waals surface area contributed by atoms with Crippen molar-refractivity contribution >= 4 is 38.9 Å². The molecule has 0 saturated heterocycles. The van der Waals surface area contributed by atoms with Crippen LogP contribution in [0.15, 0.2) is 12.2 Å². The van der Waals surface area contributed by atoms with Gasteiger partial charge in [0, 0.05) is 6.61 Å². The minimum atomic E-state index is -3.01. The van der Waals surface area contributed by atoms with Gasteiger partial charge in [-0.05, 0) is 83.9 Å². The maximum Gasteiger partial charge on any atom is 0.395 e. The first-order valence-electron chi connectivity index (χ1n) is 8.72. The maximum atomic E-state index is 13.0. The van der Waals surface area contributed by atoms with Crippen LogP contribution >= 0.6 is 0 Å². The van der Waals surface area contributed by atoms with E-state index < -0.39 is 33.5 Å². The van der Waals surface area contributed by atoms with Crippen LogP contribution in [-0.4, -0.2) is 45.5 Å². The van der Waals surface area contributed by atoms with Gasteiger partial charge in [0.2, 0.25) is 0 Å². The zero-order valence-electron chi connectivity index (χ0n) is 17.5. The molecule has 0 spiro atoms. The molecule has 0 aromatic carbocycles. The van der Waals surface area contributed by atoms with Gasteiger partial charge in [0.05, 0.1) is 0 Å². The molecule has 8 heteroatoms. The fourth-order valence-corrected chi connectivity index (χ4v) is 14.6. The molecule has 0 heterocycles. The molecule has 24 heavy (non-hydrogen) atoms. The van der Waals surface area contributed by atoms with Gasteiger partial charge in [-0.15, -0.1) is 0 Å². The Morgan fingerprint density at radius 3 is 1.54 bits per heavy atom. The summed E-state index contributed by atoms with van der Waals surface area (Å²) < 4.78 is 18.9. The first-order chi connectivity index (χ1) is 10.5. The molecule has 0 aromatic rings. The molecule has 0 aliphatic carbocycles. The van der Waals surface area contributed by atoms with E-state index in [1.165, 1.54) is 0 Å². The van der Waals surface area contributed by atoms with E-state index in [1.807, 2.05) is 0 Å². The highest BCUT2D eigenvalue weighted by Crippen LogP contribution is 2.28. The second kappa shape index (κ2) is 8.70. The summed E-state index contributed by atoms with van der Waals surface area (Å²) in [7, 11) is -8.42. The summed E-state index contributed by atoms with van der Waals surface area (Å²) in [6, 6.07) is 0.651. The van der Waals surface area contributed by atoms with Gasteiger partial charge in [0.25, 0.3) is 0 Å². The van der Waals surface area contributed by atoms with Crippen molar-refractivity contribution in [2.24, 2.45) is 0 Å². The Kier molecular flexibility index (Phi) is 8.75. The Morgan fingerprint density at radius 2 is 1.25 bits per heavy atom. The Balaban J connectivity index is 5.48. The summed E-state index contributed by atoms with van der Waals surface area (Å²) >= 11 is 0. The molecule has 0 aliphatic heterocycles. The highest BCUT2D eigenvalue weighted by molar-refractivity contribution is 7.06. The van der Waals surface area contributed by atoms with Gasteiger partial charge < -0.3 is 12.7 Å². The Morgan fingerprint density at radius 1 is 0.833 bits per heavy atom. The Hall–Kier alpha value is 0.158. The van der Waals surface area contributed by atoms with E-state index >= 15 is 0 Å². The lowest BCUT2D eigenvalue weighted by Crippen LogP contribution is -2.60. The highest BCUT2D eigenvalue weighted by atomic mass is 28.5. The third kappa shape index (κ3) is 10.2. The monoisotopic (exact) mass is 406 g/mol. The molecule has 4 nitrogen and oxygen atoms in total. The topological polar surface area (TPSA) is 44.8 Å². The third-order valence-corrected chi connectivity index (χ3v) is 13.6. The average Bonchev–Trinajstić information content (AvgIpc) is 2.28. The van der Waals surface area contributed by atoms with E-state index in [2.05, 4.69) is 65.5 Å². The largest absolute Gasteiger partial charge is 0.431 e. The maximum absolute atomic E-state index is 13.0. The molecule has 0 rings (SSSR count). The van der Waals surface area contributed by atoms with Crippen LogP contribution in [0.2, 0.25) is 65.0 Å². The molecule has 0 bridgehead atoms. The predicted molar refractivity (Wildman–Crippen MR) is 113 cm³/mol. The van der Waals surface area contributed by atoms with Gasteiger partial charge in [-0.3, -0.25) is 4.79 Å². The second-order valence-electron chi connectivity index (χ2n) is 9.36. The van der Waals surface area contributed by atoms with E-state index in [9.17, 15) is 4.79 Å². The van der Waals surface area contributed by atoms with E-state index in [1.54, 1.807) is 6.92 Å². The lowest BCUT2D eigenvalue weighted by atomic mass is 10.4. The quantitative estimate of drug-likeness (QED) is 0.273. The number of rotatable bonds is 11. The van der Waals surface area contributed by atoms with Gasteiger partial charge in [0.15, 0.2) is 30.4 Å². The average molecular weight is 407 g/mol. The van der Waals surface area contributed by atoms with E-state index in [0.717, 1.165) is 6.42 Å². The fourth-order valence-electron chi connectivity index (χ4n) is 2.33. The lowest BCUT2D eigenvalue weighted by Gasteiger charge is -2.39. The van der Waals surface area contributed by atoms with Gasteiger partial charge in [-0.2, -0.15) is 0 Å². The zero-order chi connectivity index (χ0) is 19.4. The van der Waals surface area contributed by atoms with Crippen molar-refractivity contribution in [3.8, 4) is 0 Å². The molecule has 0 radical (unpaired) electrons. The summed E-state index contributed by atoms with van der Waals surface area (Å²) in [5.74, 6) is 0. The summed E-state index contributed by atoms with van der Waals surface area (Å²) in [6.45, 7) is 25.5. The molecular weight excluding hydrogens is 369 g/mol. The van der Waals surface area contributed by atoms with Crippen LogP contribution in [0.3, 0.4) is 0 Å². The third-order valence-electron chi connectivity index (χ3n) is 2.86. The molecular formula is C16H38O4Si4. The molecule has 0 amide bonds. The zero-order valence-corrected chi connectivity index (χ0v) is 21.5. The van der Waals surface area contributed by atoms with Crippen molar-refractivity contribution in [2.45, 2.75) is 78.3 Å². The van der Waals surface area contributed by atoms with Crippen LogP contribution in [0.5, 0.6) is 0 Å². The van der Waals surface area contributed by atoms with Crippen LogP contribution in [0.4, 0.5) is 0 Å². The van der Waals surface area contributed by atoms with E-state index in [0.29, 0.717) is 18.2 Å². The highest BCUT2D eigenvalue weighted by Gasteiger charge is 2.51. The van der Waals surface area contributed by atoms with Gasteiger partial charge in [-0.1, -0.05) is 6.58 Å². The van der Waals surface area contributed by atoms with Crippen LogP contribution in [-0.2, 0) is 17.5 Å².